The summed E-state index contributed by atoms with van der Waals surface area (Å²) in [5.74, 6) is 0.975. The van der Waals surface area contributed by atoms with Crippen molar-refractivity contribution < 1.29 is 17.9 Å². The Hall–Kier alpha value is -2.98. The third kappa shape index (κ3) is 4.14. The summed E-state index contributed by atoms with van der Waals surface area (Å²) < 4.78 is 44.9. The van der Waals surface area contributed by atoms with Gasteiger partial charge in [-0.15, -0.1) is 11.3 Å². The van der Waals surface area contributed by atoms with Crippen LogP contribution in [0.15, 0.2) is 42.9 Å². The normalized spacial score (nSPS) is 11.6. The number of hydrogen-bond acceptors (Lipinski definition) is 7. The number of halogens is 4. The van der Waals surface area contributed by atoms with Gasteiger partial charge in [0.05, 0.1) is 23.7 Å². The van der Waals surface area contributed by atoms with Crippen LogP contribution in [0.1, 0.15) is 10.4 Å². The number of ether oxygens (including phenoxy) is 1. The molecule has 4 rings (SSSR count). The number of nitrogens with one attached hydrogen (secondary N) is 1. The molecule has 0 aliphatic rings. The smallest absolute Gasteiger partial charge is 0.425 e. The monoisotopic (exact) mass is 451 g/mol. The number of aromatic nitrogens is 4. The number of thiophene rings is 1. The fraction of sp³-hybridized carbons (Fsp3) is 0.158. The van der Waals surface area contributed by atoms with Crippen molar-refractivity contribution in [2.45, 2.75) is 12.7 Å². The van der Waals surface area contributed by atoms with E-state index in [1.807, 2.05) is 0 Å². The molecule has 0 radical (unpaired) electrons. The van der Waals surface area contributed by atoms with Crippen molar-refractivity contribution in [3.8, 4) is 17.3 Å². The molecular weight excluding hydrogens is 439 g/mol. The van der Waals surface area contributed by atoms with Gasteiger partial charge in [0.15, 0.2) is 5.82 Å². The molecule has 0 fully saturated rings. The Morgan fingerprint density at radius 2 is 2.00 bits per heavy atom. The molecule has 0 aliphatic heterocycles. The zero-order valence-electron chi connectivity index (χ0n) is 15.4. The molecule has 1 aromatic carbocycles. The standard InChI is InChI=1S/C19H13ClF3N5OS/c1-29-14-3-2-10(6-12(14)20)8-26-16-11-7-15(19(21,22)23)30-18(11)28-17(27-16)13-9-24-4-5-25-13/h2-7,9H,8H2,1H3,(H,26,27,28). The quantitative estimate of drug-likeness (QED) is 0.435. The first kappa shape index (κ1) is 20.3. The predicted octanol–water partition coefficient (Wildman–Crippen LogP) is 5.44. The van der Waals surface area contributed by atoms with E-state index in [4.69, 9.17) is 16.3 Å². The average molecular weight is 452 g/mol. The molecule has 6 nitrogen and oxygen atoms in total. The van der Waals surface area contributed by atoms with E-state index in [-0.39, 0.29) is 28.4 Å². The number of rotatable bonds is 5. The molecule has 0 spiro atoms. The summed E-state index contributed by atoms with van der Waals surface area (Å²) in [6, 6.07) is 6.27. The average Bonchev–Trinajstić information content (AvgIpc) is 3.18. The van der Waals surface area contributed by atoms with E-state index >= 15 is 0 Å². The molecule has 0 unspecified atom stereocenters. The fourth-order valence-corrected chi connectivity index (χ4v) is 3.91. The van der Waals surface area contributed by atoms with Gasteiger partial charge in [0.1, 0.15) is 27.0 Å². The van der Waals surface area contributed by atoms with E-state index in [0.29, 0.717) is 27.8 Å². The number of fused-ring (bicyclic) bond motifs is 1. The Kier molecular flexibility index (Phi) is 5.44. The van der Waals surface area contributed by atoms with Gasteiger partial charge in [0.25, 0.3) is 0 Å². The number of methoxy groups -OCH3 is 1. The van der Waals surface area contributed by atoms with Crippen molar-refractivity contribution in [3.05, 3.63) is 58.3 Å². The Bertz CT molecular complexity index is 1200. The van der Waals surface area contributed by atoms with Crippen molar-refractivity contribution in [1.82, 2.24) is 19.9 Å². The Morgan fingerprint density at radius 1 is 1.17 bits per heavy atom. The van der Waals surface area contributed by atoms with Gasteiger partial charge < -0.3 is 10.1 Å². The molecule has 0 atom stereocenters. The van der Waals surface area contributed by atoms with Crippen molar-refractivity contribution >= 4 is 39.0 Å². The lowest BCUT2D eigenvalue weighted by molar-refractivity contribution is -0.134. The molecule has 1 N–H and O–H groups in total. The van der Waals surface area contributed by atoms with E-state index in [0.717, 1.165) is 11.6 Å². The number of hydrogen-bond donors (Lipinski definition) is 1. The lowest BCUT2D eigenvalue weighted by atomic mass is 10.2. The third-order valence-corrected chi connectivity index (χ3v) is 5.51. The molecule has 4 aromatic rings. The maximum absolute atomic E-state index is 13.2. The van der Waals surface area contributed by atoms with Gasteiger partial charge >= 0.3 is 6.18 Å². The van der Waals surface area contributed by atoms with Crippen molar-refractivity contribution in [2.75, 3.05) is 12.4 Å². The summed E-state index contributed by atoms with van der Waals surface area (Å²) in [5.41, 5.74) is 1.16. The summed E-state index contributed by atoms with van der Waals surface area (Å²) in [6.07, 6.45) is -0.0717. The Morgan fingerprint density at radius 3 is 2.67 bits per heavy atom. The maximum atomic E-state index is 13.2. The van der Waals surface area contributed by atoms with Gasteiger partial charge in [-0.1, -0.05) is 17.7 Å². The Balaban J connectivity index is 1.74. The summed E-state index contributed by atoms with van der Waals surface area (Å²) in [6.45, 7) is 0.285. The maximum Gasteiger partial charge on any atom is 0.425 e. The summed E-state index contributed by atoms with van der Waals surface area (Å²) in [7, 11) is 1.51. The van der Waals surface area contributed by atoms with Crippen molar-refractivity contribution in [3.63, 3.8) is 0 Å². The van der Waals surface area contributed by atoms with Crippen LogP contribution in [-0.4, -0.2) is 27.0 Å². The van der Waals surface area contributed by atoms with Crippen molar-refractivity contribution in [2.24, 2.45) is 0 Å². The minimum absolute atomic E-state index is 0.182. The molecule has 11 heteroatoms. The molecule has 0 saturated heterocycles. The molecule has 0 amide bonds. The number of anilines is 1. The molecule has 0 aliphatic carbocycles. The van der Waals surface area contributed by atoms with E-state index in [2.05, 4.69) is 25.3 Å². The van der Waals surface area contributed by atoms with E-state index in [9.17, 15) is 13.2 Å². The lowest BCUT2D eigenvalue weighted by Gasteiger charge is -2.10. The first-order valence-corrected chi connectivity index (χ1v) is 9.76. The number of benzene rings is 1. The van der Waals surface area contributed by atoms with Gasteiger partial charge in [-0.05, 0) is 23.8 Å². The second-order valence-electron chi connectivity index (χ2n) is 6.14. The zero-order chi connectivity index (χ0) is 21.3. The molecule has 0 bridgehead atoms. The van der Waals surface area contributed by atoms with Crippen LogP contribution in [-0.2, 0) is 12.7 Å². The highest BCUT2D eigenvalue weighted by Crippen LogP contribution is 2.40. The van der Waals surface area contributed by atoms with Crippen LogP contribution in [0.4, 0.5) is 19.0 Å². The molecule has 154 valence electrons. The first-order valence-electron chi connectivity index (χ1n) is 8.56. The van der Waals surface area contributed by atoms with Crippen molar-refractivity contribution in [1.29, 1.82) is 0 Å². The van der Waals surface area contributed by atoms with Crippen LogP contribution in [0.3, 0.4) is 0 Å². The van der Waals surface area contributed by atoms with Crippen LogP contribution in [0.25, 0.3) is 21.7 Å². The zero-order valence-corrected chi connectivity index (χ0v) is 16.9. The van der Waals surface area contributed by atoms with Gasteiger partial charge in [-0.2, -0.15) is 13.2 Å². The van der Waals surface area contributed by atoms with Gasteiger partial charge in [-0.25, -0.2) is 15.0 Å². The lowest BCUT2D eigenvalue weighted by Crippen LogP contribution is -2.04. The van der Waals surface area contributed by atoms with Crippen LogP contribution in [0.2, 0.25) is 5.02 Å². The minimum atomic E-state index is -4.47. The van der Waals surface area contributed by atoms with Crippen LogP contribution >= 0.6 is 22.9 Å². The second kappa shape index (κ2) is 8.04. The molecule has 0 saturated carbocycles. The molecule has 30 heavy (non-hydrogen) atoms. The van der Waals surface area contributed by atoms with E-state index in [1.165, 1.54) is 25.7 Å². The second-order valence-corrected chi connectivity index (χ2v) is 7.57. The summed E-state index contributed by atoms with van der Waals surface area (Å²) in [5, 5.41) is 3.79. The summed E-state index contributed by atoms with van der Waals surface area (Å²) in [4.78, 5) is 16.2. The van der Waals surface area contributed by atoms with Crippen LogP contribution < -0.4 is 10.1 Å². The van der Waals surface area contributed by atoms with E-state index in [1.54, 1.807) is 18.2 Å². The minimum Gasteiger partial charge on any atom is -0.495 e. The van der Waals surface area contributed by atoms with Crippen LogP contribution in [0, 0.1) is 0 Å². The SMILES string of the molecule is COc1ccc(CNc2nc(-c3cnccn3)nc3sc(C(F)(F)F)cc23)cc1Cl. The van der Waals surface area contributed by atoms with Gasteiger partial charge in [0.2, 0.25) is 0 Å². The van der Waals surface area contributed by atoms with Gasteiger partial charge in [0, 0.05) is 18.9 Å². The highest BCUT2D eigenvalue weighted by Gasteiger charge is 2.33. The number of nitrogens with zero attached hydrogens (tertiary/aromatic N) is 4. The first-order chi connectivity index (χ1) is 14.3. The largest absolute Gasteiger partial charge is 0.495 e. The highest BCUT2D eigenvalue weighted by molar-refractivity contribution is 7.18. The number of alkyl halides is 3. The van der Waals surface area contributed by atoms with Crippen LogP contribution in [0.5, 0.6) is 5.75 Å². The molecular formula is C19H13ClF3N5OS. The molecule has 3 aromatic heterocycles. The van der Waals surface area contributed by atoms with E-state index < -0.39 is 11.1 Å². The summed E-state index contributed by atoms with van der Waals surface area (Å²) >= 11 is 6.70. The van der Waals surface area contributed by atoms with Gasteiger partial charge in [-0.3, -0.25) is 4.98 Å². The predicted molar refractivity (Wildman–Crippen MR) is 109 cm³/mol. The Labute approximate surface area is 177 Å². The third-order valence-electron chi connectivity index (χ3n) is 4.14. The highest BCUT2D eigenvalue weighted by atomic mass is 35.5. The fourth-order valence-electron chi connectivity index (χ4n) is 2.73. The topological polar surface area (TPSA) is 72.8 Å². The molecule has 3 heterocycles.